The van der Waals surface area contributed by atoms with Crippen molar-refractivity contribution in [3.63, 3.8) is 0 Å². The fourth-order valence-corrected chi connectivity index (χ4v) is 4.61. The predicted molar refractivity (Wildman–Crippen MR) is 92.6 cm³/mol. The Labute approximate surface area is 146 Å². The van der Waals surface area contributed by atoms with Gasteiger partial charge in [-0.25, -0.2) is 0 Å². The highest BCUT2D eigenvalue weighted by atomic mass is 32.2. The van der Waals surface area contributed by atoms with Crippen molar-refractivity contribution in [2.45, 2.75) is 42.8 Å². The minimum Gasteiger partial charge on any atom is -0.327 e. The minimum atomic E-state index is -2.42. The van der Waals surface area contributed by atoms with Crippen LogP contribution < -0.4 is 10.2 Å². The zero-order valence-electron chi connectivity index (χ0n) is 13.8. The van der Waals surface area contributed by atoms with Crippen LogP contribution in [-0.2, 0) is 4.79 Å². The lowest BCUT2D eigenvalue weighted by Gasteiger charge is -2.38. The number of piperidine rings is 1. The molecule has 0 aromatic heterocycles. The second-order valence-corrected chi connectivity index (χ2v) is 7.99. The molecule has 1 aromatic carbocycles. The van der Waals surface area contributed by atoms with Gasteiger partial charge in [-0.15, -0.1) is 0 Å². The number of alkyl halides is 2. The first-order valence-corrected chi connectivity index (χ1v) is 9.66. The molecular weight excluding hydrogens is 330 g/mol. The van der Waals surface area contributed by atoms with E-state index in [4.69, 9.17) is 0 Å². The number of benzene rings is 1. The van der Waals surface area contributed by atoms with Crippen molar-refractivity contribution in [3.05, 3.63) is 24.3 Å². The van der Waals surface area contributed by atoms with Crippen LogP contribution in [0.1, 0.15) is 32.1 Å². The molecule has 132 valence electrons. The number of thioether (sulfide) groups is 1. The molecule has 1 unspecified atom stereocenters. The summed E-state index contributed by atoms with van der Waals surface area (Å²) in [7, 11) is 0. The molecule has 1 heterocycles. The van der Waals surface area contributed by atoms with E-state index in [2.05, 4.69) is 5.32 Å². The Kier molecular flexibility index (Phi) is 6.11. The van der Waals surface area contributed by atoms with E-state index in [1.165, 1.54) is 37.0 Å². The summed E-state index contributed by atoms with van der Waals surface area (Å²) in [5.74, 6) is -0.739. The van der Waals surface area contributed by atoms with Gasteiger partial charge in [0, 0.05) is 16.5 Å². The third-order valence-corrected chi connectivity index (χ3v) is 5.98. The molecule has 1 amide bonds. The summed E-state index contributed by atoms with van der Waals surface area (Å²) in [4.78, 5) is 14.1. The molecule has 2 fully saturated rings. The summed E-state index contributed by atoms with van der Waals surface area (Å²) in [6.07, 6.45) is 6.64. The van der Waals surface area contributed by atoms with Crippen molar-refractivity contribution in [1.29, 1.82) is 0 Å². The van der Waals surface area contributed by atoms with Gasteiger partial charge >= 0.3 is 0 Å². The zero-order chi connectivity index (χ0) is 16.9. The van der Waals surface area contributed by atoms with Gasteiger partial charge in [0.1, 0.15) is 0 Å². The lowest BCUT2D eigenvalue weighted by atomic mass is 9.75. The fourth-order valence-electron chi connectivity index (χ4n) is 4.11. The largest absolute Gasteiger partial charge is 0.327 e. The maximum absolute atomic E-state index is 12.3. The van der Waals surface area contributed by atoms with E-state index in [1.54, 1.807) is 24.3 Å². The van der Waals surface area contributed by atoms with Crippen LogP contribution in [-0.4, -0.2) is 31.3 Å². The summed E-state index contributed by atoms with van der Waals surface area (Å²) >= 11 is 0.515. The van der Waals surface area contributed by atoms with Crippen LogP contribution in [0.25, 0.3) is 0 Å². The average Bonchev–Trinajstić information content (AvgIpc) is 2.56. The van der Waals surface area contributed by atoms with E-state index in [0.29, 0.717) is 28.9 Å². The van der Waals surface area contributed by atoms with E-state index in [1.807, 2.05) is 0 Å². The molecular formula is C18H25F2N2OS+. The molecule has 24 heavy (non-hydrogen) atoms. The molecule has 1 aliphatic heterocycles. The smallest absolute Gasteiger partial charge is 0.288 e. The van der Waals surface area contributed by atoms with Gasteiger partial charge in [0.2, 0.25) is 0 Å². The molecule has 6 heteroatoms. The third kappa shape index (κ3) is 4.93. The van der Waals surface area contributed by atoms with Gasteiger partial charge in [-0.2, -0.15) is 8.78 Å². The summed E-state index contributed by atoms with van der Waals surface area (Å²) in [6.45, 7) is 2.69. The van der Waals surface area contributed by atoms with Gasteiger partial charge in [0.15, 0.2) is 6.54 Å². The SMILES string of the molecule is O=C(C[NH+]1CC[C@@H]2CCCC[C@@H]2C1)Nc1ccc(SC(F)F)cc1. The number of hydrogen-bond donors (Lipinski definition) is 2. The molecule has 0 spiro atoms. The Hall–Kier alpha value is -1.14. The van der Waals surface area contributed by atoms with Crippen LogP contribution in [0, 0.1) is 11.8 Å². The van der Waals surface area contributed by atoms with Gasteiger partial charge < -0.3 is 10.2 Å². The molecule has 2 aliphatic rings. The Morgan fingerprint density at radius 3 is 2.58 bits per heavy atom. The van der Waals surface area contributed by atoms with Crippen LogP contribution >= 0.6 is 11.8 Å². The fraction of sp³-hybridized carbons (Fsp3) is 0.611. The number of halogens is 2. The van der Waals surface area contributed by atoms with Crippen LogP contribution in [0.5, 0.6) is 0 Å². The van der Waals surface area contributed by atoms with E-state index in [9.17, 15) is 13.6 Å². The molecule has 2 N–H and O–H groups in total. The van der Waals surface area contributed by atoms with Crippen molar-refractivity contribution in [3.8, 4) is 0 Å². The zero-order valence-corrected chi connectivity index (χ0v) is 14.6. The monoisotopic (exact) mass is 355 g/mol. The Morgan fingerprint density at radius 1 is 1.17 bits per heavy atom. The van der Waals surface area contributed by atoms with E-state index in [-0.39, 0.29) is 5.91 Å². The van der Waals surface area contributed by atoms with Crippen molar-refractivity contribution in [1.82, 2.24) is 0 Å². The minimum absolute atomic E-state index is 0.00789. The number of carbonyl (C=O) groups is 1. The number of quaternary nitrogens is 1. The average molecular weight is 355 g/mol. The highest BCUT2D eigenvalue weighted by Gasteiger charge is 2.34. The van der Waals surface area contributed by atoms with Crippen molar-refractivity contribution in [2.75, 3.05) is 25.0 Å². The number of anilines is 1. The molecule has 3 nitrogen and oxygen atoms in total. The first-order valence-electron chi connectivity index (χ1n) is 8.78. The van der Waals surface area contributed by atoms with Crippen molar-refractivity contribution in [2.24, 2.45) is 11.8 Å². The van der Waals surface area contributed by atoms with Gasteiger partial charge in [-0.05, 0) is 49.4 Å². The maximum Gasteiger partial charge on any atom is 0.288 e. The van der Waals surface area contributed by atoms with E-state index < -0.39 is 5.76 Å². The van der Waals surface area contributed by atoms with Gasteiger partial charge in [-0.1, -0.05) is 24.6 Å². The van der Waals surface area contributed by atoms with Gasteiger partial charge in [0.05, 0.1) is 13.1 Å². The molecule has 1 saturated heterocycles. The predicted octanol–water partition coefficient (Wildman–Crippen LogP) is 3.03. The van der Waals surface area contributed by atoms with Crippen molar-refractivity contribution >= 4 is 23.4 Å². The first kappa shape index (κ1) is 17.7. The third-order valence-electron chi connectivity index (χ3n) is 5.26. The lowest BCUT2D eigenvalue weighted by molar-refractivity contribution is -0.902. The number of carbonyl (C=O) groups excluding carboxylic acids is 1. The van der Waals surface area contributed by atoms with Crippen LogP contribution in [0.4, 0.5) is 14.5 Å². The maximum atomic E-state index is 12.3. The topological polar surface area (TPSA) is 33.5 Å². The molecule has 3 rings (SSSR count). The molecule has 1 aromatic rings. The number of likely N-dealkylation sites (tertiary alicyclic amines) is 1. The lowest BCUT2D eigenvalue weighted by Crippen LogP contribution is -3.15. The highest BCUT2D eigenvalue weighted by molar-refractivity contribution is 7.99. The summed E-state index contributed by atoms with van der Waals surface area (Å²) in [6, 6.07) is 6.61. The van der Waals surface area contributed by atoms with Crippen LogP contribution in [0.3, 0.4) is 0 Å². The summed E-state index contributed by atoms with van der Waals surface area (Å²) < 4.78 is 24.6. The molecule has 1 saturated carbocycles. The Morgan fingerprint density at radius 2 is 1.88 bits per heavy atom. The van der Waals surface area contributed by atoms with Gasteiger partial charge in [0.25, 0.3) is 11.7 Å². The van der Waals surface area contributed by atoms with Crippen LogP contribution in [0.2, 0.25) is 0 Å². The second kappa shape index (κ2) is 8.30. The first-order chi connectivity index (χ1) is 11.6. The van der Waals surface area contributed by atoms with E-state index >= 15 is 0 Å². The molecule has 1 aliphatic carbocycles. The number of fused-ring (bicyclic) bond motifs is 1. The van der Waals surface area contributed by atoms with Gasteiger partial charge in [-0.3, -0.25) is 4.79 Å². The standard InChI is InChI=1S/C18H24F2N2OS/c19-18(20)24-16-7-5-15(6-8-16)21-17(23)12-22-10-9-13-3-1-2-4-14(13)11-22/h5-8,13-14,18H,1-4,9-12H2,(H,21,23)/p+1/t13-,14+/m0/s1. The Bertz CT molecular complexity index is 552. The highest BCUT2D eigenvalue weighted by Crippen LogP contribution is 2.32. The normalized spacial score (nSPS) is 26.9. The molecule has 0 radical (unpaired) electrons. The number of rotatable bonds is 5. The number of nitrogens with one attached hydrogen (secondary N) is 2. The quantitative estimate of drug-likeness (QED) is 0.796. The number of hydrogen-bond acceptors (Lipinski definition) is 2. The number of amides is 1. The Balaban J connectivity index is 1.47. The van der Waals surface area contributed by atoms with Crippen LogP contribution in [0.15, 0.2) is 29.2 Å². The van der Waals surface area contributed by atoms with E-state index in [0.717, 1.165) is 24.9 Å². The summed E-state index contributed by atoms with van der Waals surface area (Å²) in [5, 5.41) is 2.89. The second-order valence-electron chi connectivity index (χ2n) is 6.93. The van der Waals surface area contributed by atoms with Crippen molar-refractivity contribution < 1.29 is 18.5 Å². The summed E-state index contributed by atoms with van der Waals surface area (Å²) in [5.41, 5.74) is 0.672. The molecule has 0 bridgehead atoms. The molecule has 3 atom stereocenters.